The Bertz CT molecular complexity index is 768. The molecule has 160 valence electrons. The second kappa shape index (κ2) is 9.79. The first-order chi connectivity index (χ1) is 13.6. The second-order valence-corrected chi connectivity index (χ2v) is 13.9. The number of rotatable bonds is 9. The molecule has 0 spiro atoms. The van der Waals surface area contributed by atoms with E-state index in [4.69, 9.17) is 13.9 Å². The van der Waals surface area contributed by atoms with Crippen LogP contribution in [0, 0.1) is 5.92 Å². The lowest BCUT2D eigenvalue weighted by atomic mass is 9.98. The van der Waals surface area contributed by atoms with Crippen LogP contribution in [0.5, 0.6) is 11.5 Å². The molecule has 0 bridgehead atoms. The predicted molar refractivity (Wildman–Crippen MR) is 121 cm³/mol. The van der Waals surface area contributed by atoms with E-state index in [2.05, 4.69) is 33.9 Å². The molecule has 0 heterocycles. The van der Waals surface area contributed by atoms with E-state index in [9.17, 15) is 5.11 Å². The van der Waals surface area contributed by atoms with E-state index in [1.807, 2.05) is 55.5 Å². The number of aliphatic hydroxyl groups is 1. The van der Waals surface area contributed by atoms with E-state index in [-0.39, 0.29) is 23.7 Å². The Morgan fingerprint density at radius 3 is 2.21 bits per heavy atom. The van der Waals surface area contributed by atoms with Crippen molar-refractivity contribution in [2.75, 3.05) is 13.7 Å². The van der Waals surface area contributed by atoms with Crippen molar-refractivity contribution in [3.05, 3.63) is 59.7 Å². The lowest BCUT2D eigenvalue weighted by Gasteiger charge is -2.41. The van der Waals surface area contributed by atoms with E-state index in [0.717, 1.165) is 11.1 Å². The summed E-state index contributed by atoms with van der Waals surface area (Å²) in [6, 6.07) is 16.0. The Morgan fingerprint density at radius 2 is 1.66 bits per heavy atom. The van der Waals surface area contributed by atoms with Crippen LogP contribution in [-0.4, -0.2) is 27.1 Å². The van der Waals surface area contributed by atoms with E-state index in [0.29, 0.717) is 18.1 Å². The van der Waals surface area contributed by atoms with Crippen molar-refractivity contribution in [3.8, 4) is 11.5 Å². The van der Waals surface area contributed by atoms with E-state index >= 15 is 0 Å². The molecule has 2 aromatic carbocycles. The van der Waals surface area contributed by atoms with Crippen LogP contribution in [0.3, 0.4) is 0 Å². The monoisotopic (exact) mass is 416 g/mol. The third-order valence-electron chi connectivity index (χ3n) is 5.79. The summed E-state index contributed by atoms with van der Waals surface area (Å²) in [6.07, 6.45) is -0.196. The molecule has 2 aromatic rings. The highest BCUT2D eigenvalue weighted by atomic mass is 28.4. The van der Waals surface area contributed by atoms with Crippen molar-refractivity contribution in [1.29, 1.82) is 0 Å². The van der Waals surface area contributed by atoms with Gasteiger partial charge in [0.15, 0.2) is 19.8 Å². The quantitative estimate of drug-likeness (QED) is 0.512. The Kier molecular flexibility index (Phi) is 7.92. The molecule has 0 aromatic heterocycles. The van der Waals surface area contributed by atoms with Gasteiger partial charge >= 0.3 is 0 Å². The van der Waals surface area contributed by atoms with Gasteiger partial charge in [-0.05, 0) is 41.4 Å². The van der Waals surface area contributed by atoms with Gasteiger partial charge < -0.3 is 19.0 Å². The third-order valence-corrected chi connectivity index (χ3v) is 10.2. The highest BCUT2D eigenvalue weighted by Gasteiger charge is 2.40. The number of benzene rings is 2. The molecule has 4 nitrogen and oxygen atoms in total. The molecule has 0 amide bonds. The molecule has 0 aliphatic rings. The molecule has 0 fully saturated rings. The highest BCUT2D eigenvalue weighted by molar-refractivity contribution is 6.74. The van der Waals surface area contributed by atoms with Crippen molar-refractivity contribution in [2.45, 2.75) is 58.5 Å². The minimum atomic E-state index is -2.01. The van der Waals surface area contributed by atoms with Gasteiger partial charge in [0.2, 0.25) is 0 Å². The average molecular weight is 417 g/mol. The zero-order valence-corrected chi connectivity index (χ0v) is 19.9. The average Bonchev–Trinajstić information content (AvgIpc) is 2.69. The third kappa shape index (κ3) is 6.08. The van der Waals surface area contributed by atoms with Crippen LogP contribution in [0.25, 0.3) is 0 Å². The Labute approximate surface area is 177 Å². The van der Waals surface area contributed by atoms with Crippen molar-refractivity contribution in [3.63, 3.8) is 0 Å². The summed E-state index contributed by atoms with van der Waals surface area (Å²) in [6.45, 7) is 13.7. The summed E-state index contributed by atoms with van der Waals surface area (Å²) in [5.74, 6) is 1.35. The molecule has 0 aliphatic carbocycles. The van der Waals surface area contributed by atoms with Crippen LogP contribution in [0.4, 0.5) is 0 Å². The lowest BCUT2D eigenvalue weighted by molar-refractivity contribution is 0.0847. The van der Waals surface area contributed by atoms with Gasteiger partial charge in [0.1, 0.15) is 6.61 Å². The summed E-state index contributed by atoms with van der Waals surface area (Å²) in [5.41, 5.74) is 2.10. The maximum absolute atomic E-state index is 9.84. The van der Waals surface area contributed by atoms with Gasteiger partial charge in [-0.15, -0.1) is 0 Å². The first-order valence-corrected chi connectivity index (χ1v) is 13.1. The van der Waals surface area contributed by atoms with E-state index in [1.54, 1.807) is 7.11 Å². The molecule has 0 saturated heterocycles. The SMILES string of the molecule is COc1cc([C@@H](O[Si](C)(C)C(C)(C)C)[C@H](C)CO)ccc1OCc1ccccc1. The first kappa shape index (κ1) is 23.5. The van der Waals surface area contributed by atoms with Crippen LogP contribution in [0.1, 0.15) is 44.9 Å². The summed E-state index contributed by atoms with van der Waals surface area (Å²) < 4.78 is 18.3. The van der Waals surface area contributed by atoms with Gasteiger partial charge in [0.25, 0.3) is 0 Å². The fraction of sp³-hybridized carbons (Fsp3) is 0.500. The highest BCUT2D eigenvalue weighted by Crippen LogP contribution is 2.42. The molecule has 0 unspecified atom stereocenters. The van der Waals surface area contributed by atoms with Crippen LogP contribution in [-0.2, 0) is 11.0 Å². The maximum atomic E-state index is 9.84. The molecule has 2 rings (SSSR count). The zero-order chi connectivity index (χ0) is 21.7. The Balaban J connectivity index is 2.27. The van der Waals surface area contributed by atoms with Crippen LogP contribution in [0.15, 0.2) is 48.5 Å². The topological polar surface area (TPSA) is 47.9 Å². The Hall–Kier alpha value is -1.82. The predicted octanol–water partition coefficient (Wildman–Crippen LogP) is 5.97. The molecule has 0 saturated carbocycles. The minimum Gasteiger partial charge on any atom is -0.493 e. The largest absolute Gasteiger partial charge is 0.493 e. The van der Waals surface area contributed by atoms with Gasteiger partial charge in [0.05, 0.1) is 13.2 Å². The molecule has 5 heteroatoms. The smallest absolute Gasteiger partial charge is 0.192 e. The molecule has 29 heavy (non-hydrogen) atoms. The standard InChI is InChI=1S/C24H36O4Si/c1-18(16-25)23(28-29(6,7)24(2,3)4)20-13-14-21(22(15-20)26-5)27-17-19-11-9-8-10-12-19/h8-15,18,23,25H,16-17H2,1-7H3/t18-,23+/m1/s1. The number of hydrogen-bond acceptors (Lipinski definition) is 4. The number of ether oxygens (including phenoxy) is 2. The maximum Gasteiger partial charge on any atom is 0.192 e. The zero-order valence-electron chi connectivity index (χ0n) is 18.9. The van der Waals surface area contributed by atoms with Gasteiger partial charge in [-0.25, -0.2) is 0 Å². The molecular formula is C24H36O4Si. The van der Waals surface area contributed by atoms with E-state index in [1.165, 1.54) is 0 Å². The van der Waals surface area contributed by atoms with Crippen molar-refractivity contribution in [2.24, 2.45) is 5.92 Å². The number of aliphatic hydroxyl groups excluding tert-OH is 1. The lowest BCUT2D eigenvalue weighted by Crippen LogP contribution is -2.43. The minimum absolute atomic E-state index is 0.0232. The van der Waals surface area contributed by atoms with Crippen LogP contribution in [0.2, 0.25) is 18.1 Å². The summed E-state index contributed by atoms with van der Waals surface area (Å²) >= 11 is 0. The summed E-state index contributed by atoms with van der Waals surface area (Å²) in [5, 5.41) is 9.92. The normalized spacial score (nSPS) is 14.3. The van der Waals surface area contributed by atoms with Gasteiger partial charge in [-0.3, -0.25) is 0 Å². The molecular weight excluding hydrogens is 380 g/mol. The fourth-order valence-corrected chi connectivity index (χ4v) is 4.18. The molecule has 0 aliphatic heterocycles. The summed E-state index contributed by atoms with van der Waals surface area (Å²) in [4.78, 5) is 0. The summed E-state index contributed by atoms with van der Waals surface area (Å²) in [7, 11) is -0.367. The van der Waals surface area contributed by atoms with Crippen molar-refractivity contribution >= 4 is 8.32 Å². The molecule has 2 atom stereocenters. The van der Waals surface area contributed by atoms with Crippen LogP contribution >= 0.6 is 0 Å². The first-order valence-electron chi connectivity index (χ1n) is 10.2. The Morgan fingerprint density at radius 1 is 1.00 bits per heavy atom. The van der Waals surface area contributed by atoms with Crippen molar-refractivity contribution < 1.29 is 19.0 Å². The van der Waals surface area contributed by atoms with Crippen molar-refractivity contribution in [1.82, 2.24) is 0 Å². The van der Waals surface area contributed by atoms with E-state index < -0.39 is 8.32 Å². The van der Waals surface area contributed by atoms with Gasteiger partial charge in [0, 0.05) is 12.5 Å². The fourth-order valence-electron chi connectivity index (χ4n) is 2.82. The molecule has 0 radical (unpaired) electrons. The molecule has 1 N–H and O–H groups in total. The second-order valence-electron chi connectivity index (χ2n) is 9.14. The van der Waals surface area contributed by atoms with Gasteiger partial charge in [-0.2, -0.15) is 0 Å². The number of hydrogen-bond donors (Lipinski definition) is 1. The van der Waals surface area contributed by atoms with Crippen LogP contribution < -0.4 is 9.47 Å². The van der Waals surface area contributed by atoms with Gasteiger partial charge in [-0.1, -0.05) is 64.1 Å². The number of methoxy groups -OCH3 is 1.